The Labute approximate surface area is 208 Å². The van der Waals surface area contributed by atoms with Crippen molar-refractivity contribution in [1.82, 2.24) is 24.5 Å². The number of hydrogen-bond donors (Lipinski definition) is 1. The fourth-order valence-corrected chi connectivity index (χ4v) is 3.53. The molecular formula is C24H33F5N6O. The number of ether oxygens (including phenoxy) is 1. The molecule has 0 fully saturated rings. The van der Waals surface area contributed by atoms with E-state index in [1.54, 1.807) is 6.92 Å². The molecule has 200 valence electrons. The fourth-order valence-electron chi connectivity index (χ4n) is 3.53. The molecule has 0 aliphatic heterocycles. The molecule has 12 heteroatoms. The lowest BCUT2D eigenvalue weighted by Crippen LogP contribution is -2.31. The van der Waals surface area contributed by atoms with Crippen LogP contribution in [-0.4, -0.2) is 43.8 Å². The number of aryl methyl sites for hydroxylation is 1. The lowest BCUT2D eigenvalue weighted by molar-refractivity contribution is -0.137. The molecule has 0 saturated carbocycles. The summed E-state index contributed by atoms with van der Waals surface area (Å²) in [7, 11) is 1.25. The summed E-state index contributed by atoms with van der Waals surface area (Å²) in [6, 6.07) is 0.687. The summed E-state index contributed by atoms with van der Waals surface area (Å²) < 4.78 is 76.4. The Bertz CT molecular complexity index is 1140. The van der Waals surface area contributed by atoms with Gasteiger partial charge in [-0.2, -0.15) is 17.6 Å². The van der Waals surface area contributed by atoms with E-state index in [1.165, 1.54) is 37.1 Å². The van der Waals surface area contributed by atoms with E-state index < -0.39 is 35.5 Å². The third kappa shape index (κ3) is 6.46. The Morgan fingerprint density at radius 1 is 1.17 bits per heavy atom. The number of halogens is 5. The Kier molecular flexibility index (Phi) is 10.1. The van der Waals surface area contributed by atoms with Gasteiger partial charge in [-0.1, -0.05) is 34.1 Å². The smallest absolute Gasteiger partial charge is 0.420 e. The van der Waals surface area contributed by atoms with E-state index in [4.69, 9.17) is 4.74 Å². The standard InChI is InChI=1S/C22H25F5N6O.C2H6.H2/c1-5-7-15(14(23)6-2)31-21-29-10-13(22(25,26)27)19(32-21)16-11-33(12(3)30-16)17-8-9-28-20(34-4)18(17)24;1-2;/h8-11,14-15H,5-7H2,1-4H3,(H,29,31,32);1-2H3;1H/t14-,15+;;/m1../s1. The first-order valence-electron chi connectivity index (χ1n) is 11.7. The molecule has 3 rings (SSSR count). The van der Waals surface area contributed by atoms with Crippen LogP contribution in [0.3, 0.4) is 0 Å². The quantitative estimate of drug-likeness (QED) is 0.315. The van der Waals surface area contributed by atoms with Crippen LogP contribution in [0.5, 0.6) is 5.88 Å². The number of methoxy groups -OCH3 is 1. The number of nitrogens with one attached hydrogen (secondary N) is 1. The van der Waals surface area contributed by atoms with Gasteiger partial charge in [0.2, 0.25) is 11.8 Å². The van der Waals surface area contributed by atoms with E-state index in [0.29, 0.717) is 19.0 Å². The van der Waals surface area contributed by atoms with E-state index >= 15 is 0 Å². The zero-order valence-corrected chi connectivity index (χ0v) is 21.1. The van der Waals surface area contributed by atoms with Crippen LogP contribution < -0.4 is 10.1 Å². The molecule has 0 aliphatic carbocycles. The molecule has 0 saturated heterocycles. The molecule has 0 unspecified atom stereocenters. The van der Waals surface area contributed by atoms with Gasteiger partial charge in [0.05, 0.1) is 18.8 Å². The third-order valence-electron chi connectivity index (χ3n) is 5.25. The average Bonchev–Trinajstić information content (AvgIpc) is 3.25. The molecular weight excluding hydrogens is 483 g/mol. The van der Waals surface area contributed by atoms with Crippen LogP contribution in [0, 0.1) is 12.7 Å². The SMILES string of the molecule is CC.CCC[C@H](Nc1ncc(C(F)(F)F)c(-c2cn(-c3ccnc(OC)c3F)c(C)n2)n1)[C@H](F)CC.[HH]. The van der Waals surface area contributed by atoms with Crippen LogP contribution in [-0.2, 0) is 6.18 Å². The molecule has 2 atom stereocenters. The number of pyridine rings is 1. The third-order valence-corrected chi connectivity index (χ3v) is 5.25. The minimum Gasteiger partial charge on any atom is -0.479 e. The molecule has 0 aromatic carbocycles. The van der Waals surface area contributed by atoms with E-state index in [0.717, 1.165) is 0 Å². The van der Waals surface area contributed by atoms with Gasteiger partial charge >= 0.3 is 6.18 Å². The van der Waals surface area contributed by atoms with Crippen molar-refractivity contribution in [3.05, 3.63) is 41.9 Å². The maximum Gasteiger partial charge on any atom is 0.420 e. The minimum atomic E-state index is -4.77. The lowest BCUT2D eigenvalue weighted by Gasteiger charge is -2.21. The number of hydrogen-bond acceptors (Lipinski definition) is 6. The minimum absolute atomic E-state index is 0. The zero-order chi connectivity index (χ0) is 27.0. The number of aromatic nitrogens is 5. The van der Waals surface area contributed by atoms with Crippen LogP contribution in [0.15, 0.2) is 24.7 Å². The second kappa shape index (κ2) is 12.6. The summed E-state index contributed by atoms with van der Waals surface area (Å²) in [4.78, 5) is 15.7. The van der Waals surface area contributed by atoms with Crippen LogP contribution in [0.2, 0.25) is 0 Å². The maximum atomic E-state index is 14.7. The number of anilines is 1. The molecule has 0 amide bonds. The summed E-state index contributed by atoms with van der Waals surface area (Å²) in [5.41, 5.74) is -1.77. The van der Waals surface area contributed by atoms with E-state index in [2.05, 4.69) is 25.3 Å². The van der Waals surface area contributed by atoms with Gasteiger partial charge in [0, 0.05) is 20.0 Å². The summed E-state index contributed by atoms with van der Waals surface area (Å²) in [5.74, 6) is -1.01. The van der Waals surface area contributed by atoms with Gasteiger partial charge in [0.15, 0.2) is 0 Å². The Morgan fingerprint density at radius 2 is 1.86 bits per heavy atom. The molecule has 0 aliphatic rings. The predicted octanol–water partition coefficient (Wildman–Crippen LogP) is 6.80. The van der Waals surface area contributed by atoms with Gasteiger partial charge in [-0.05, 0) is 25.8 Å². The number of alkyl halides is 4. The first kappa shape index (κ1) is 28.9. The molecule has 7 nitrogen and oxygen atoms in total. The summed E-state index contributed by atoms with van der Waals surface area (Å²) >= 11 is 0. The van der Waals surface area contributed by atoms with Crippen molar-refractivity contribution in [2.75, 3.05) is 12.4 Å². The van der Waals surface area contributed by atoms with Crippen LogP contribution in [0.1, 0.15) is 59.8 Å². The van der Waals surface area contributed by atoms with Gasteiger partial charge in [-0.25, -0.2) is 24.3 Å². The molecule has 0 bridgehead atoms. The van der Waals surface area contributed by atoms with Crippen LogP contribution in [0.25, 0.3) is 17.1 Å². The van der Waals surface area contributed by atoms with Crippen molar-refractivity contribution in [3.8, 4) is 23.0 Å². The maximum absolute atomic E-state index is 14.7. The molecule has 3 heterocycles. The zero-order valence-electron chi connectivity index (χ0n) is 21.1. The van der Waals surface area contributed by atoms with Crippen LogP contribution in [0.4, 0.5) is 27.9 Å². The molecule has 3 aromatic heterocycles. The number of nitrogens with zero attached hydrogens (tertiary/aromatic N) is 5. The number of rotatable bonds is 9. The van der Waals surface area contributed by atoms with Crippen molar-refractivity contribution in [1.29, 1.82) is 0 Å². The first-order chi connectivity index (χ1) is 17.1. The molecule has 36 heavy (non-hydrogen) atoms. The van der Waals surface area contributed by atoms with Gasteiger partial charge in [-0.3, -0.25) is 0 Å². The van der Waals surface area contributed by atoms with E-state index in [-0.39, 0.29) is 36.9 Å². The predicted molar refractivity (Wildman–Crippen MR) is 130 cm³/mol. The van der Waals surface area contributed by atoms with Gasteiger partial charge in [0.25, 0.3) is 5.88 Å². The monoisotopic (exact) mass is 516 g/mol. The van der Waals surface area contributed by atoms with Gasteiger partial charge < -0.3 is 14.6 Å². The summed E-state index contributed by atoms with van der Waals surface area (Å²) in [6.07, 6.45) is -1.47. The Hall–Kier alpha value is -3.31. The molecule has 0 spiro atoms. The summed E-state index contributed by atoms with van der Waals surface area (Å²) in [6.45, 7) is 9.06. The van der Waals surface area contributed by atoms with Crippen molar-refractivity contribution < 1.29 is 28.1 Å². The fraction of sp³-hybridized carbons (Fsp3) is 0.500. The van der Waals surface area contributed by atoms with E-state index in [9.17, 15) is 22.0 Å². The Balaban J connectivity index is 0.00000223. The Morgan fingerprint density at radius 3 is 2.44 bits per heavy atom. The number of imidazole rings is 1. The average molecular weight is 517 g/mol. The molecule has 0 radical (unpaired) electrons. The lowest BCUT2D eigenvalue weighted by atomic mass is 10.1. The second-order valence-electron chi connectivity index (χ2n) is 7.61. The van der Waals surface area contributed by atoms with Crippen molar-refractivity contribution in [2.24, 2.45) is 0 Å². The largest absolute Gasteiger partial charge is 0.479 e. The highest BCUT2D eigenvalue weighted by molar-refractivity contribution is 5.62. The highest BCUT2D eigenvalue weighted by atomic mass is 19.4. The molecule has 1 N–H and O–H groups in total. The summed E-state index contributed by atoms with van der Waals surface area (Å²) in [5, 5.41) is 2.81. The topological polar surface area (TPSA) is 77.8 Å². The van der Waals surface area contributed by atoms with Gasteiger partial charge in [0.1, 0.15) is 28.9 Å². The second-order valence-corrected chi connectivity index (χ2v) is 7.61. The first-order valence-corrected chi connectivity index (χ1v) is 11.7. The normalized spacial score (nSPS) is 13.0. The van der Waals surface area contributed by atoms with Crippen molar-refractivity contribution in [2.45, 2.75) is 72.3 Å². The van der Waals surface area contributed by atoms with Crippen LogP contribution >= 0.6 is 0 Å². The van der Waals surface area contributed by atoms with Gasteiger partial charge in [-0.15, -0.1) is 0 Å². The highest BCUT2D eigenvalue weighted by Gasteiger charge is 2.36. The molecule has 3 aromatic rings. The van der Waals surface area contributed by atoms with Crippen molar-refractivity contribution in [3.63, 3.8) is 0 Å². The highest BCUT2D eigenvalue weighted by Crippen LogP contribution is 2.36. The van der Waals surface area contributed by atoms with E-state index in [1.807, 2.05) is 20.8 Å². The van der Waals surface area contributed by atoms with Crippen molar-refractivity contribution >= 4 is 5.95 Å².